The van der Waals surface area contributed by atoms with Crippen molar-refractivity contribution in [3.8, 4) is 0 Å². The molecule has 0 aliphatic rings. The molecule has 0 bridgehead atoms. The standard InChI is InChI=1S/C8H19O2PS2.Zn/c1-3-5-6-7-8-13-11(9,12)10-4-2;/h3-8H2,1-2H3,(H,9,12);. The Morgan fingerprint density at radius 2 is 1.93 bits per heavy atom. The molecule has 1 N–H and O–H groups in total. The van der Waals surface area contributed by atoms with E-state index in [2.05, 4.69) is 6.92 Å². The van der Waals surface area contributed by atoms with Crippen LogP contribution in [0.3, 0.4) is 0 Å². The maximum atomic E-state index is 9.54. The molecule has 0 saturated carbocycles. The van der Waals surface area contributed by atoms with Crippen LogP contribution in [0.2, 0.25) is 0 Å². The van der Waals surface area contributed by atoms with E-state index in [-0.39, 0.29) is 19.5 Å². The molecule has 6 heteroatoms. The van der Waals surface area contributed by atoms with E-state index in [9.17, 15) is 4.89 Å². The molecule has 0 heterocycles. The van der Waals surface area contributed by atoms with Crippen molar-refractivity contribution in [2.45, 2.75) is 39.5 Å². The van der Waals surface area contributed by atoms with Gasteiger partial charge in [0.05, 0.1) is 6.61 Å². The van der Waals surface area contributed by atoms with Gasteiger partial charge in [0, 0.05) is 25.2 Å². The molecule has 82 valence electrons. The van der Waals surface area contributed by atoms with Gasteiger partial charge in [-0.25, -0.2) is 0 Å². The van der Waals surface area contributed by atoms with Crippen LogP contribution in [0.15, 0.2) is 0 Å². The molecule has 0 spiro atoms. The van der Waals surface area contributed by atoms with Crippen LogP contribution in [0.4, 0.5) is 0 Å². The summed E-state index contributed by atoms with van der Waals surface area (Å²) in [6, 6.07) is 0. The first-order chi connectivity index (χ1) is 6.12. The average molecular weight is 308 g/mol. The summed E-state index contributed by atoms with van der Waals surface area (Å²) in [5.41, 5.74) is -2.49. The molecule has 0 aliphatic carbocycles. The van der Waals surface area contributed by atoms with Crippen molar-refractivity contribution < 1.29 is 28.9 Å². The molecule has 0 aliphatic heterocycles. The van der Waals surface area contributed by atoms with Crippen LogP contribution in [0.5, 0.6) is 0 Å². The molecule has 1 unspecified atom stereocenters. The first kappa shape index (κ1) is 17.9. The first-order valence-corrected chi connectivity index (χ1v) is 9.00. The van der Waals surface area contributed by atoms with Crippen molar-refractivity contribution in [3.05, 3.63) is 0 Å². The molecule has 0 radical (unpaired) electrons. The Balaban J connectivity index is 0. The van der Waals surface area contributed by atoms with Gasteiger partial charge >= 0.3 is 0 Å². The second-order valence-electron chi connectivity index (χ2n) is 2.78. The summed E-state index contributed by atoms with van der Waals surface area (Å²) in [5.74, 6) is 0.924. The molecule has 2 nitrogen and oxygen atoms in total. The molecular formula is C8H19O2PS2Zn. The van der Waals surface area contributed by atoms with E-state index in [1.807, 2.05) is 6.92 Å². The SMILES string of the molecule is CCCCCCSP(O)(=S)OCC.[Zn]. The fourth-order valence-electron chi connectivity index (χ4n) is 0.909. The van der Waals surface area contributed by atoms with Crippen LogP contribution >= 0.6 is 17.1 Å². The maximum Gasteiger partial charge on any atom is 0.244 e. The zero-order valence-electron chi connectivity index (χ0n) is 9.07. The molecule has 0 aromatic carbocycles. The molecule has 0 rings (SSSR count). The molecule has 1 atom stereocenters. The second kappa shape index (κ2) is 11.0. The minimum absolute atomic E-state index is 0. The van der Waals surface area contributed by atoms with Gasteiger partial charge in [-0.15, -0.1) is 0 Å². The molecule has 0 saturated heterocycles. The Morgan fingerprint density at radius 1 is 1.29 bits per heavy atom. The van der Waals surface area contributed by atoms with E-state index in [0.717, 1.165) is 12.2 Å². The zero-order valence-corrected chi connectivity index (χ0v) is 14.6. The minimum atomic E-state index is -2.49. The Bertz CT molecular complexity index is 169. The Kier molecular flexibility index (Phi) is 14.1. The van der Waals surface area contributed by atoms with Crippen LogP contribution in [-0.4, -0.2) is 17.3 Å². The number of rotatable bonds is 8. The molecular weight excluding hydrogens is 289 g/mol. The second-order valence-corrected chi connectivity index (χ2v) is 9.08. The van der Waals surface area contributed by atoms with Gasteiger partial charge in [0.1, 0.15) is 0 Å². The normalized spacial score (nSPS) is 14.5. The van der Waals surface area contributed by atoms with E-state index in [1.54, 1.807) is 0 Å². The van der Waals surface area contributed by atoms with Crippen molar-refractivity contribution in [2.75, 3.05) is 12.4 Å². The summed E-state index contributed by atoms with van der Waals surface area (Å²) < 4.78 is 5.08. The van der Waals surface area contributed by atoms with E-state index >= 15 is 0 Å². The third-order valence-corrected chi connectivity index (χ3v) is 6.03. The van der Waals surface area contributed by atoms with Crippen molar-refractivity contribution >= 4 is 28.9 Å². The van der Waals surface area contributed by atoms with Gasteiger partial charge in [-0.1, -0.05) is 37.6 Å². The predicted octanol–water partition coefficient (Wildman–Crippen LogP) is 3.55. The Morgan fingerprint density at radius 3 is 2.43 bits per heavy atom. The minimum Gasteiger partial charge on any atom is -0.337 e. The number of hydrogen-bond acceptors (Lipinski definition) is 3. The fraction of sp³-hybridized carbons (Fsp3) is 1.00. The number of hydrogen-bond donors (Lipinski definition) is 1. The van der Waals surface area contributed by atoms with Gasteiger partial charge in [0.25, 0.3) is 0 Å². The van der Waals surface area contributed by atoms with Crippen molar-refractivity contribution in [1.29, 1.82) is 0 Å². The Labute approximate surface area is 109 Å². The van der Waals surface area contributed by atoms with Crippen molar-refractivity contribution in [1.82, 2.24) is 0 Å². The third kappa shape index (κ3) is 11.6. The fourth-order valence-corrected chi connectivity index (χ4v) is 4.48. The predicted molar refractivity (Wildman–Crippen MR) is 64.7 cm³/mol. The molecule has 0 aromatic rings. The first-order valence-electron chi connectivity index (χ1n) is 4.74. The average Bonchev–Trinajstić information content (AvgIpc) is 2.04. The largest absolute Gasteiger partial charge is 0.337 e. The van der Waals surface area contributed by atoms with Crippen LogP contribution < -0.4 is 0 Å². The summed E-state index contributed by atoms with van der Waals surface area (Å²) >= 11 is 6.34. The zero-order chi connectivity index (χ0) is 10.2. The monoisotopic (exact) mass is 306 g/mol. The van der Waals surface area contributed by atoms with E-state index in [4.69, 9.17) is 16.3 Å². The van der Waals surface area contributed by atoms with Crippen LogP contribution in [0, 0.1) is 0 Å². The molecule has 0 fully saturated rings. The van der Waals surface area contributed by atoms with E-state index < -0.39 is 5.69 Å². The van der Waals surface area contributed by atoms with E-state index in [1.165, 1.54) is 30.6 Å². The van der Waals surface area contributed by atoms with Crippen molar-refractivity contribution in [2.24, 2.45) is 0 Å². The van der Waals surface area contributed by atoms with E-state index in [0.29, 0.717) is 6.61 Å². The van der Waals surface area contributed by atoms with Crippen LogP contribution in [0.1, 0.15) is 39.5 Å². The summed E-state index contributed by atoms with van der Waals surface area (Å²) in [7, 11) is 0. The van der Waals surface area contributed by atoms with Gasteiger partial charge in [-0.2, -0.15) is 0 Å². The molecule has 14 heavy (non-hydrogen) atoms. The van der Waals surface area contributed by atoms with Gasteiger partial charge in [-0.05, 0) is 25.2 Å². The smallest absolute Gasteiger partial charge is 0.244 e. The topological polar surface area (TPSA) is 29.5 Å². The van der Waals surface area contributed by atoms with Crippen molar-refractivity contribution in [3.63, 3.8) is 0 Å². The summed E-state index contributed by atoms with van der Waals surface area (Å²) in [6.07, 6.45) is 4.86. The van der Waals surface area contributed by atoms with Gasteiger partial charge < -0.3 is 9.42 Å². The van der Waals surface area contributed by atoms with Crippen LogP contribution in [0.25, 0.3) is 0 Å². The number of unbranched alkanes of at least 4 members (excludes halogenated alkanes) is 3. The third-order valence-electron chi connectivity index (χ3n) is 1.54. The van der Waals surface area contributed by atoms with Gasteiger partial charge in [-0.3, -0.25) is 0 Å². The molecule has 0 amide bonds. The van der Waals surface area contributed by atoms with Gasteiger partial charge in [0.15, 0.2) is 0 Å². The quantitative estimate of drug-likeness (QED) is 0.422. The Hall–Kier alpha value is 1.54. The van der Waals surface area contributed by atoms with Crippen LogP contribution in [-0.2, 0) is 35.8 Å². The van der Waals surface area contributed by atoms with Gasteiger partial charge in [0.2, 0.25) is 5.69 Å². The summed E-state index contributed by atoms with van der Waals surface area (Å²) in [6.45, 7) is 4.55. The summed E-state index contributed by atoms with van der Waals surface area (Å²) in [5, 5.41) is 0. The summed E-state index contributed by atoms with van der Waals surface area (Å²) in [4.78, 5) is 9.54. The molecule has 0 aromatic heterocycles. The maximum absolute atomic E-state index is 9.54.